The van der Waals surface area contributed by atoms with Crippen LogP contribution in [0.15, 0.2) is 47.2 Å². The van der Waals surface area contributed by atoms with Crippen LogP contribution in [0.4, 0.5) is 0 Å². The van der Waals surface area contributed by atoms with E-state index in [0.29, 0.717) is 0 Å². The van der Waals surface area contributed by atoms with Crippen molar-refractivity contribution in [2.24, 2.45) is 0 Å². The quantitative estimate of drug-likeness (QED) is 0.628. The van der Waals surface area contributed by atoms with Gasteiger partial charge in [0.2, 0.25) is 0 Å². The summed E-state index contributed by atoms with van der Waals surface area (Å²) >= 11 is 3.52. The monoisotopic (exact) mass is 424 g/mol. The standard InChI is InChI=1S/C21H21BrN4O/c1-14-23-11-16-13-26(8-7-19(16)25-14)12-15-3-5-20(24-10-15)18-9-17(22)4-6-21(18)27-2/h3-6,9-11H,7-8,12-13H2,1-2H3. The van der Waals surface area contributed by atoms with Gasteiger partial charge in [-0.15, -0.1) is 0 Å². The first-order valence-electron chi connectivity index (χ1n) is 8.95. The van der Waals surface area contributed by atoms with Crippen LogP contribution in [0.25, 0.3) is 11.3 Å². The number of hydrogen-bond acceptors (Lipinski definition) is 5. The molecule has 3 aromatic rings. The van der Waals surface area contributed by atoms with E-state index in [0.717, 1.165) is 53.4 Å². The maximum Gasteiger partial charge on any atom is 0.128 e. The molecule has 1 aliphatic heterocycles. The van der Waals surface area contributed by atoms with Gasteiger partial charge in [0.15, 0.2) is 0 Å². The van der Waals surface area contributed by atoms with E-state index in [4.69, 9.17) is 4.74 Å². The number of nitrogens with zero attached hydrogens (tertiary/aromatic N) is 4. The molecule has 27 heavy (non-hydrogen) atoms. The molecule has 0 bridgehead atoms. The number of fused-ring (bicyclic) bond motifs is 1. The molecule has 0 amide bonds. The molecule has 0 saturated heterocycles. The fourth-order valence-corrected chi connectivity index (χ4v) is 3.79. The van der Waals surface area contributed by atoms with Crippen molar-refractivity contribution in [2.45, 2.75) is 26.4 Å². The second-order valence-electron chi connectivity index (χ2n) is 6.75. The highest BCUT2D eigenvalue weighted by molar-refractivity contribution is 9.10. The van der Waals surface area contributed by atoms with Gasteiger partial charge in [0.1, 0.15) is 11.6 Å². The van der Waals surface area contributed by atoms with Crippen molar-refractivity contribution < 1.29 is 4.74 Å². The SMILES string of the molecule is COc1ccc(Br)cc1-c1ccc(CN2CCc3nc(C)ncc3C2)cn1. The predicted molar refractivity (Wildman–Crippen MR) is 109 cm³/mol. The van der Waals surface area contributed by atoms with Crippen LogP contribution in [0, 0.1) is 6.92 Å². The Balaban J connectivity index is 1.49. The minimum atomic E-state index is 0.821. The molecule has 0 radical (unpaired) electrons. The summed E-state index contributed by atoms with van der Waals surface area (Å²) in [6.07, 6.45) is 4.89. The molecule has 1 aliphatic rings. The number of pyridine rings is 1. The Hall–Kier alpha value is -2.31. The van der Waals surface area contributed by atoms with Crippen LogP contribution in [-0.2, 0) is 19.5 Å². The summed E-state index contributed by atoms with van der Waals surface area (Å²) in [5.74, 6) is 1.67. The number of benzene rings is 1. The van der Waals surface area contributed by atoms with Crippen molar-refractivity contribution in [3.63, 3.8) is 0 Å². The Bertz CT molecular complexity index is 959. The number of aryl methyl sites for hydroxylation is 1. The molecular weight excluding hydrogens is 404 g/mol. The first-order chi connectivity index (χ1) is 13.1. The van der Waals surface area contributed by atoms with E-state index in [1.165, 1.54) is 16.8 Å². The van der Waals surface area contributed by atoms with Crippen LogP contribution < -0.4 is 4.74 Å². The first-order valence-corrected chi connectivity index (χ1v) is 9.74. The summed E-state index contributed by atoms with van der Waals surface area (Å²) in [5.41, 5.74) is 5.51. The van der Waals surface area contributed by atoms with Crippen molar-refractivity contribution in [3.05, 3.63) is 69.8 Å². The molecule has 0 N–H and O–H groups in total. The van der Waals surface area contributed by atoms with Crippen LogP contribution in [0.5, 0.6) is 5.75 Å². The van der Waals surface area contributed by atoms with Crippen molar-refractivity contribution in [2.75, 3.05) is 13.7 Å². The third kappa shape index (κ3) is 4.01. The molecule has 5 nitrogen and oxygen atoms in total. The fraction of sp³-hybridized carbons (Fsp3) is 0.286. The highest BCUT2D eigenvalue weighted by Gasteiger charge is 2.18. The summed E-state index contributed by atoms with van der Waals surface area (Å²) in [5, 5.41) is 0. The first kappa shape index (κ1) is 18.1. The highest BCUT2D eigenvalue weighted by Crippen LogP contribution is 2.31. The maximum absolute atomic E-state index is 5.47. The Morgan fingerprint density at radius 3 is 2.81 bits per heavy atom. The van der Waals surface area contributed by atoms with E-state index in [1.807, 2.05) is 37.5 Å². The minimum Gasteiger partial charge on any atom is -0.496 e. The predicted octanol–water partition coefficient (Wildman–Crippen LogP) is 4.18. The van der Waals surface area contributed by atoms with Crippen molar-refractivity contribution in [3.8, 4) is 17.0 Å². The lowest BCUT2D eigenvalue weighted by Gasteiger charge is -2.27. The van der Waals surface area contributed by atoms with Gasteiger partial charge in [-0.3, -0.25) is 9.88 Å². The second kappa shape index (κ2) is 7.74. The summed E-state index contributed by atoms with van der Waals surface area (Å²) in [6.45, 7) is 4.71. The second-order valence-corrected chi connectivity index (χ2v) is 7.66. The molecule has 6 heteroatoms. The van der Waals surface area contributed by atoms with E-state index >= 15 is 0 Å². The van der Waals surface area contributed by atoms with Gasteiger partial charge in [-0.2, -0.15) is 0 Å². The summed E-state index contributed by atoms with van der Waals surface area (Å²) < 4.78 is 6.48. The van der Waals surface area contributed by atoms with E-state index in [9.17, 15) is 0 Å². The number of halogens is 1. The van der Waals surface area contributed by atoms with E-state index in [1.54, 1.807) is 7.11 Å². The van der Waals surface area contributed by atoms with Gasteiger partial charge in [0.25, 0.3) is 0 Å². The van der Waals surface area contributed by atoms with Gasteiger partial charge in [0.05, 0.1) is 12.8 Å². The minimum absolute atomic E-state index is 0.821. The van der Waals surface area contributed by atoms with E-state index in [-0.39, 0.29) is 0 Å². The Kier molecular flexibility index (Phi) is 5.18. The smallest absolute Gasteiger partial charge is 0.128 e. The zero-order valence-corrected chi connectivity index (χ0v) is 17.0. The van der Waals surface area contributed by atoms with Gasteiger partial charge in [-0.1, -0.05) is 22.0 Å². The Labute approximate surface area is 167 Å². The molecule has 138 valence electrons. The normalized spacial score (nSPS) is 14.0. The largest absolute Gasteiger partial charge is 0.496 e. The van der Waals surface area contributed by atoms with Crippen LogP contribution in [0.3, 0.4) is 0 Å². The fourth-order valence-electron chi connectivity index (χ4n) is 3.43. The van der Waals surface area contributed by atoms with Gasteiger partial charge in [-0.05, 0) is 36.8 Å². The van der Waals surface area contributed by atoms with E-state index < -0.39 is 0 Å². The molecule has 4 rings (SSSR count). The molecule has 0 aliphatic carbocycles. The molecule has 1 aromatic carbocycles. The third-order valence-corrected chi connectivity index (χ3v) is 5.30. The van der Waals surface area contributed by atoms with Crippen LogP contribution in [0.1, 0.15) is 22.6 Å². The molecule has 0 unspecified atom stereocenters. The van der Waals surface area contributed by atoms with Crippen molar-refractivity contribution in [1.29, 1.82) is 0 Å². The Morgan fingerprint density at radius 2 is 2.04 bits per heavy atom. The lowest BCUT2D eigenvalue weighted by atomic mass is 10.1. The number of ether oxygens (including phenoxy) is 1. The zero-order valence-electron chi connectivity index (χ0n) is 15.4. The van der Waals surface area contributed by atoms with Gasteiger partial charge in [-0.25, -0.2) is 9.97 Å². The molecule has 3 heterocycles. The number of aromatic nitrogens is 3. The average Bonchev–Trinajstić information content (AvgIpc) is 2.69. The van der Waals surface area contributed by atoms with Crippen molar-refractivity contribution >= 4 is 15.9 Å². The molecular formula is C21H21BrN4O. The molecule has 0 saturated carbocycles. The molecule has 2 aromatic heterocycles. The topological polar surface area (TPSA) is 51.1 Å². The van der Waals surface area contributed by atoms with Crippen LogP contribution >= 0.6 is 15.9 Å². The highest BCUT2D eigenvalue weighted by atomic mass is 79.9. The summed E-state index contributed by atoms with van der Waals surface area (Å²) in [4.78, 5) is 16.0. The zero-order chi connectivity index (χ0) is 18.8. The average molecular weight is 425 g/mol. The number of hydrogen-bond donors (Lipinski definition) is 0. The third-order valence-electron chi connectivity index (χ3n) is 4.80. The Morgan fingerprint density at radius 1 is 1.15 bits per heavy atom. The number of methoxy groups -OCH3 is 1. The van der Waals surface area contributed by atoms with E-state index in [2.05, 4.69) is 47.9 Å². The number of rotatable bonds is 4. The van der Waals surface area contributed by atoms with Crippen LogP contribution in [-0.4, -0.2) is 33.5 Å². The van der Waals surface area contributed by atoms with Gasteiger partial charge >= 0.3 is 0 Å². The van der Waals surface area contributed by atoms with Gasteiger partial charge in [0, 0.05) is 59.7 Å². The summed E-state index contributed by atoms with van der Waals surface area (Å²) in [7, 11) is 1.68. The lowest BCUT2D eigenvalue weighted by Crippen LogP contribution is -2.31. The summed E-state index contributed by atoms with van der Waals surface area (Å²) in [6, 6.07) is 10.2. The van der Waals surface area contributed by atoms with Crippen LogP contribution in [0.2, 0.25) is 0 Å². The maximum atomic E-state index is 5.47. The van der Waals surface area contributed by atoms with Gasteiger partial charge < -0.3 is 4.74 Å². The molecule has 0 atom stereocenters. The molecule has 0 spiro atoms. The molecule has 0 fully saturated rings. The van der Waals surface area contributed by atoms with Crippen molar-refractivity contribution in [1.82, 2.24) is 19.9 Å². The lowest BCUT2D eigenvalue weighted by molar-refractivity contribution is 0.242.